The summed E-state index contributed by atoms with van der Waals surface area (Å²) in [5.41, 5.74) is 0.450. The number of carboxylic acid groups (broad SMARTS) is 1. The van der Waals surface area contributed by atoms with Gasteiger partial charge in [0, 0.05) is 10.6 Å². The fraction of sp³-hybridized carbons (Fsp3) is 0.154. The predicted octanol–water partition coefficient (Wildman–Crippen LogP) is 6.80. The van der Waals surface area contributed by atoms with Crippen LogP contribution in [0.15, 0.2) is 52.7 Å². The number of nitrogens with one attached hydrogen (secondary N) is 2. The number of hydrogen-bond acceptors (Lipinski definition) is 7. The van der Waals surface area contributed by atoms with Crippen molar-refractivity contribution in [1.29, 1.82) is 0 Å². The van der Waals surface area contributed by atoms with Gasteiger partial charge in [-0.3, -0.25) is 9.59 Å². The molecule has 1 saturated heterocycles. The second-order valence-electron chi connectivity index (χ2n) is 8.77. The van der Waals surface area contributed by atoms with Crippen LogP contribution < -0.4 is 10.7 Å². The molecule has 0 atom stereocenters. The number of hydrogen-bond donors (Lipinski definition) is 3. The zero-order valence-electron chi connectivity index (χ0n) is 21.0. The first-order chi connectivity index (χ1) is 19.5. The van der Waals surface area contributed by atoms with Crippen LogP contribution in [0.1, 0.15) is 31.9 Å². The largest absolute Gasteiger partial charge is 0.478 e. The average molecular weight is 646 g/mol. The van der Waals surface area contributed by atoms with Crippen molar-refractivity contribution in [2.24, 2.45) is 0 Å². The fourth-order valence-corrected chi connectivity index (χ4v) is 5.85. The minimum atomic E-state index is -4.99. The second kappa shape index (κ2) is 11.9. The van der Waals surface area contributed by atoms with Crippen LogP contribution in [-0.4, -0.2) is 38.8 Å². The zero-order chi connectivity index (χ0) is 31.0. The van der Waals surface area contributed by atoms with Gasteiger partial charge in [0.25, 0.3) is 5.91 Å². The summed E-state index contributed by atoms with van der Waals surface area (Å²) >= 11 is 7.08. The summed E-state index contributed by atoms with van der Waals surface area (Å²) < 4.78 is 79.5. The van der Waals surface area contributed by atoms with Crippen molar-refractivity contribution in [2.45, 2.75) is 19.3 Å². The van der Waals surface area contributed by atoms with Gasteiger partial charge in [0.05, 0.1) is 28.1 Å². The number of thiophene rings is 1. The number of rotatable bonds is 7. The second-order valence-corrected chi connectivity index (χ2v) is 11.4. The van der Waals surface area contributed by atoms with Gasteiger partial charge in [-0.15, -0.1) is 11.3 Å². The smallest absolute Gasteiger partial charge is 0.416 e. The number of thiocarbonyl (C=S) groups is 1. The predicted molar refractivity (Wildman–Crippen MR) is 150 cm³/mol. The Bertz CT molecular complexity index is 1600. The number of halogens is 6. The van der Waals surface area contributed by atoms with E-state index in [2.05, 4.69) is 10.7 Å². The van der Waals surface area contributed by atoms with E-state index in [1.54, 1.807) is 6.92 Å². The first-order valence-electron chi connectivity index (χ1n) is 11.6. The lowest BCUT2D eigenvalue weighted by atomic mass is 10.0. The number of amides is 2. The quantitative estimate of drug-likeness (QED) is 0.148. The molecule has 2 heterocycles. The monoisotopic (exact) mass is 645 g/mol. The molecule has 0 unspecified atom stereocenters. The molecule has 0 bridgehead atoms. The van der Waals surface area contributed by atoms with Crippen LogP contribution in [0.5, 0.6) is 0 Å². The van der Waals surface area contributed by atoms with Crippen molar-refractivity contribution in [3.05, 3.63) is 79.9 Å². The van der Waals surface area contributed by atoms with E-state index in [9.17, 15) is 40.7 Å². The van der Waals surface area contributed by atoms with Gasteiger partial charge in [-0.2, -0.15) is 26.3 Å². The van der Waals surface area contributed by atoms with E-state index in [1.165, 1.54) is 35.7 Å². The van der Waals surface area contributed by atoms with Gasteiger partial charge in [-0.05, 0) is 77.5 Å². The van der Waals surface area contributed by atoms with Gasteiger partial charge in [0.15, 0.2) is 4.32 Å². The first-order valence-corrected chi connectivity index (χ1v) is 13.7. The van der Waals surface area contributed by atoms with Gasteiger partial charge in [-0.25, -0.2) is 15.2 Å². The number of aryl methyl sites for hydroxylation is 1. The summed E-state index contributed by atoms with van der Waals surface area (Å²) in [5.74, 6) is -2.29. The van der Waals surface area contributed by atoms with Gasteiger partial charge >= 0.3 is 18.3 Å². The summed E-state index contributed by atoms with van der Waals surface area (Å²) in [7, 11) is 0. The highest BCUT2D eigenvalue weighted by atomic mass is 32.2. The van der Waals surface area contributed by atoms with Crippen LogP contribution in [0.4, 0.5) is 32.0 Å². The molecule has 4 rings (SSSR count). The number of aromatic carboxylic acids is 1. The fourth-order valence-electron chi connectivity index (χ4n) is 3.72. The molecule has 42 heavy (non-hydrogen) atoms. The number of thioether (sulfide) groups is 1. The molecule has 1 aliphatic rings. The maximum atomic E-state index is 13.2. The van der Waals surface area contributed by atoms with Crippen LogP contribution in [0.25, 0.3) is 17.2 Å². The zero-order valence-corrected chi connectivity index (χ0v) is 23.5. The topological polar surface area (TPSA) is 98.7 Å². The number of nitrogens with zero attached hydrogens (tertiary/aromatic N) is 1. The molecule has 0 radical (unpaired) electrons. The van der Waals surface area contributed by atoms with Crippen LogP contribution in [0.2, 0.25) is 0 Å². The molecule has 3 N–H and O–H groups in total. The van der Waals surface area contributed by atoms with Crippen molar-refractivity contribution in [2.75, 3.05) is 11.9 Å². The van der Waals surface area contributed by atoms with Crippen LogP contribution >= 0.6 is 35.3 Å². The molecule has 7 nitrogen and oxygen atoms in total. The Morgan fingerprint density at radius 3 is 2.21 bits per heavy atom. The standard InChI is InChI=1S/C26H17F6N3O4S3/c1-12-4-13(23(38)39)2-3-19(12)34-21(36)10-33-35-22(37)20(42-24(35)40)9-18-7-15(11-41-18)14-5-16(25(27,28)29)8-17(6-14)26(30,31)32/h2-9,11,33H,10H2,1H3,(H,34,36)(H,38,39)/b20-9-. The molecular formula is C26H17F6N3O4S3. The molecule has 2 amide bonds. The lowest BCUT2D eigenvalue weighted by Gasteiger charge is -2.16. The summed E-state index contributed by atoms with van der Waals surface area (Å²) in [4.78, 5) is 36.8. The Labute approximate surface area is 247 Å². The number of carboxylic acids is 1. The van der Waals surface area contributed by atoms with E-state index in [-0.39, 0.29) is 38.5 Å². The third-order valence-electron chi connectivity index (χ3n) is 5.75. The molecule has 3 aromatic rings. The Hall–Kier alpha value is -3.73. The maximum Gasteiger partial charge on any atom is 0.416 e. The van der Waals surface area contributed by atoms with Crippen molar-refractivity contribution in [1.82, 2.24) is 10.4 Å². The van der Waals surface area contributed by atoms with Gasteiger partial charge in [-0.1, -0.05) is 24.0 Å². The van der Waals surface area contributed by atoms with Crippen molar-refractivity contribution in [3.8, 4) is 11.1 Å². The van der Waals surface area contributed by atoms with Crippen LogP contribution in [0, 0.1) is 6.92 Å². The molecule has 0 saturated carbocycles. The van der Waals surface area contributed by atoms with E-state index >= 15 is 0 Å². The SMILES string of the molecule is Cc1cc(C(=O)O)ccc1NC(=O)CNN1C(=O)/C(=C/c2cc(-c3cc(C(F)(F)F)cc(C(F)(F)F)c3)cs2)SC1=S. The molecular weight excluding hydrogens is 628 g/mol. The Balaban J connectivity index is 1.46. The van der Waals surface area contributed by atoms with E-state index in [0.29, 0.717) is 28.3 Å². The highest BCUT2D eigenvalue weighted by molar-refractivity contribution is 8.26. The third kappa shape index (κ3) is 7.18. The highest BCUT2D eigenvalue weighted by Crippen LogP contribution is 2.40. The highest BCUT2D eigenvalue weighted by Gasteiger charge is 2.37. The van der Waals surface area contributed by atoms with Crippen LogP contribution in [0.3, 0.4) is 0 Å². The van der Waals surface area contributed by atoms with Crippen LogP contribution in [-0.2, 0) is 21.9 Å². The molecule has 0 aliphatic carbocycles. The number of carbonyl (C=O) groups is 3. The molecule has 2 aromatic carbocycles. The molecule has 0 spiro atoms. The van der Waals surface area contributed by atoms with E-state index in [1.807, 2.05) is 0 Å². The summed E-state index contributed by atoms with van der Waals surface area (Å²) in [6.07, 6.45) is -8.59. The molecule has 1 aromatic heterocycles. The Kier molecular flexibility index (Phi) is 8.82. The lowest BCUT2D eigenvalue weighted by Crippen LogP contribution is -2.45. The first kappa shape index (κ1) is 31.2. The van der Waals surface area contributed by atoms with E-state index in [4.69, 9.17) is 17.3 Å². The molecule has 1 aliphatic heterocycles. The third-order valence-corrected chi connectivity index (χ3v) is 7.93. The summed E-state index contributed by atoms with van der Waals surface area (Å²) in [6, 6.07) is 6.78. The van der Waals surface area contributed by atoms with E-state index in [0.717, 1.165) is 28.1 Å². The van der Waals surface area contributed by atoms with Gasteiger partial charge in [0.1, 0.15) is 0 Å². The van der Waals surface area contributed by atoms with Crippen molar-refractivity contribution < 1.29 is 45.8 Å². The van der Waals surface area contributed by atoms with Gasteiger partial charge in [0.2, 0.25) is 5.91 Å². The van der Waals surface area contributed by atoms with Crippen molar-refractivity contribution in [3.63, 3.8) is 0 Å². The van der Waals surface area contributed by atoms with E-state index < -0.39 is 41.3 Å². The molecule has 220 valence electrons. The number of benzene rings is 2. The number of carbonyl (C=O) groups excluding carboxylic acids is 2. The summed E-state index contributed by atoms with van der Waals surface area (Å²) in [5, 5.41) is 14.0. The maximum absolute atomic E-state index is 13.2. The molecule has 16 heteroatoms. The minimum absolute atomic E-state index is 0.0472. The molecule has 1 fully saturated rings. The Morgan fingerprint density at radius 1 is 1.00 bits per heavy atom. The van der Waals surface area contributed by atoms with Gasteiger partial charge < -0.3 is 10.4 Å². The lowest BCUT2D eigenvalue weighted by molar-refractivity contribution is -0.143. The summed E-state index contributed by atoms with van der Waals surface area (Å²) in [6.45, 7) is 1.24. The Morgan fingerprint density at radius 2 is 1.64 bits per heavy atom. The normalized spacial score (nSPS) is 15.0. The average Bonchev–Trinajstić information content (AvgIpc) is 3.46. The van der Waals surface area contributed by atoms with Crippen molar-refractivity contribution >= 4 is 69.2 Å². The number of hydrazine groups is 1. The number of alkyl halides is 6. The number of anilines is 1. The minimum Gasteiger partial charge on any atom is -0.478 e.